The monoisotopic (exact) mass is 315 g/mol. The molecule has 0 aliphatic rings. The van der Waals surface area contributed by atoms with E-state index < -0.39 is 9.62 Å². The number of nitrogens with zero attached hydrogens (tertiary/aromatic N) is 4. The number of nitro groups is 1. The smallest absolute Gasteiger partial charge is 0.243 e. The highest BCUT2D eigenvalue weighted by Gasteiger charge is 2.43. The highest BCUT2D eigenvalue weighted by Crippen LogP contribution is 2.34. The number of aliphatic hydroxyl groups is 1. The summed E-state index contributed by atoms with van der Waals surface area (Å²) in [5.41, 5.74) is 1.50. The summed E-state index contributed by atoms with van der Waals surface area (Å²) >= 11 is 0. The van der Waals surface area contributed by atoms with Crippen molar-refractivity contribution in [3.8, 4) is 0 Å². The molecule has 23 heavy (non-hydrogen) atoms. The van der Waals surface area contributed by atoms with E-state index in [0.717, 1.165) is 0 Å². The van der Waals surface area contributed by atoms with Crippen LogP contribution in [0.5, 0.6) is 0 Å². The Labute approximate surface area is 134 Å². The fraction of sp³-hybridized carbons (Fsp3) is 0.250. The second-order valence-electron chi connectivity index (χ2n) is 4.95. The molecule has 0 fully saturated rings. The molecule has 0 bridgehead atoms. The van der Waals surface area contributed by atoms with E-state index in [9.17, 15) is 15.2 Å². The molecule has 1 unspecified atom stereocenters. The van der Waals surface area contributed by atoms with Crippen molar-refractivity contribution in [2.45, 2.75) is 6.92 Å². The molecule has 0 spiro atoms. The third-order valence-electron chi connectivity index (χ3n) is 3.67. The molecule has 0 aliphatic carbocycles. The van der Waals surface area contributed by atoms with Crippen molar-refractivity contribution in [1.82, 2.24) is 4.59 Å². The number of hydrogen-bond donors (Lipinski definition) is 1. The average Bonchev–Trinajstić information content (AvgIpc) is 2.59. The molecule has 1 N–H and O–H groups in total. The Morgan fingerprint density at radius 1 is 1.09 bits per heavy atom. The summed E-state index contributed by atoms with van der Waals surface area (Å²) in [6, 6.07) is 16.0. The van der Waals surface area contributed by atoms with E-state index in [2.05, 4.69) is 10.2 Å². The fourth-order valence-electron chi connectivity index (χ4n) is 2.41. The van der Waals surface area contributed by atoms with Crippen LogP contribution < -0.4 is 4.59 Å². The van der Waals surface area contributed by atoms with Crippen molar-refractivity contribution < 1.29 is 10.1 Å². The summed E-state index contributed by atoms with van der Waals surface area (Å²) in [6.45, 7) is 1.59. The van der Waals surface area contributed by atoms with Crippen LogP contribution in [-0.4, -0.2) is 29.8 Å². The lowest BCUT2D eigenvalue weighted by molar-refractivity contribution is -0.641. The molecule has 0 saturated heterocycles. The summed E-state index contributed by atoms with van der Waals surface area (Å²) in [4.78, 5) is 11.7. The highest BCUT2D eigenvalue weighted by molar-refractivity contribution is 5.63. The van der Waals surface area contributed by atoms with Gasteiger partial charge in [-0.2, -0.15) is 5.11 Å². The topological polar surface area (TPSA) is 88.1 Å². The number of azo groups is 1. The third kappa shape index (κ3) is 3.58. The van der Waals surface area contributed by atoms with E-state index in [1.165, 1.54) is 0 Å². The first-order valence-electron chi connectivity index (χ1n) is 7.33. The minimum atomic E-state index is -0.583. The van der Waals surface area contributed by atoms with Gasteiger partial charge in [0, 0.05) is 6.07 Å². The summed E-state index contributed by atoms with van der Waals surface area (Å²) in [5.74, 6) is 0. The van der Waals surface area contributed by atoms with Crippen LogP contribution in [0.2, 0.25) is 0 Å². The maximum absolute atomic E-state index is 11.7. The van der Waals surface area contributed by atoms with Crippen LogP contribution in [0.4, 0.5) is 17.1 Å². The van der Waals surface area contributed by atoms with Crippen molar-refractivity contribution in [3.63, 3.8) is 0 Å². The van der Waals surface area contributed by atoms with Crippen LogP contribution in [0.3, 0.4) is 0 Å². The lowest BCUT2D eigenvalue weighted by Crippen LogP contribution is -2.55. The Bertz CT molecular complexity index is 691. The zero-order chi connectivity index (χ0) is 16.7. The summed E-state index contributed by atoms with van der Waals surface area (Å²) < 4.78 is -0.583. The second-order valence-corrected chi connectivity index (χ2v) is 4.95. The van der Waals surface area contributed by atoms with Gasteiger partial charge in [0.2, 0.25) is 10.7 Å². The van der Waals surface area contributed by atoms with Gasteiger partial charge in [0.1, 0.15) is 6.54 Å². The SMILES string of the molecule is CC[N+](CCO)(c1ccccc1N=Nc1ccccc1)[N+](=O)[O-]. The number of quaternary nitrogens is 1. The molecule has 0 heterocycles. The van der Waals surface area contributed by atoms with Gasteiger partial charge in [-0.1, -0.05) is 30.3 Å². The zero-order valence-corrected chi connectivity index (χ0v) is 12.9. The summed E-state index contributed by atoms with van der Waals surface area (Å²) in [7, 11) is 0. The van der Waals surface area contributed by atoms with Crippen molar-refractivity contribution in [3.05, 3.63) is 64.7 Å². The Morgan fingerprint density at radius 2 is 1.74 bits per heavy atom. The molecule has 0 aromatic heterocycles. The highest BCUT2D eigenvalue weighted by atomic mass is 16.7. The first-order valence-corrected chi connectivity index (χ1v) is 7.33. The van der Waals surface area contributed by atoms with Gasteiger partial charge in [-0.15, -0.1) is 5.11 Å². The van der Waals surface area contributed by atoms with E-state index in [4.69, 9.17) is 0 Å². The van der Waals surface area contributed by atoms with Crippen LogP contribution in [0, 0.1) is 10.1 Å². The molecule has 2 aromatic rings. The number of likely N-dealkylation sites (N-methyl/N-ethyl adjacent to an activating group) is 1. The molecule has 0 saturated carbocycles. The average molecular weight is 315 g/mol. The van der Waals surface area contributed by atoms with Crippen molar-refractivity contribution in [2.24, 2.45) is 10.2 Å². The molecule has 2 aromatic carbocycles. The van der Waals surface area contributed by atoms with Gasteiger partial charge in [0.25, 0.3) is 0 Å². The predicted octanol–water partition coefficient (Wildman–Crippen LogP) is 3.61. The number of hydrogen-bond acceptors (Lipinski definition) is 5. The number of para-hydroxylation sites is 1. The van der Waals surface area contributed by atoms with E-state index in [-0.39, 0.29) is 19.7 Å². The maximum Gasteiger partial charge on any atom is 0.243 e. The lowest BCUT2D eigenvalue weighted by atomic mass is 10.2. The Hall–Kier alpha value is -2.64. The van der Waals surface area contributed by atoms with E-state index in [1.54, 1.807) is 43.3 Å². The molecule has 120 valence electrons. The normalized spacial score (nSPS) is 13.8. The largest absolute Gasteiger partial charge is 0.390 e. The molecule has 1 atom stereocenters. The lowest BCUT2D eigenvalue weighted by Gasteiger charge is -2.24. The molecule has 7 nitrogen and oxygen atoms in total. The van der Waals surface area contributed by atoms with Crippen LogP contribution in [0.15, 0.2) is 64.8 Å². The Kier molecular flexibility index (Phi) is 5.51. The second kappa shape index (κ2) is 7.57. The van der Waals surface area contributed by atoms with Crippen LogP contribution in [-0.2, 0) is 0 Å². The molecule has 0 amide bonds. The Balaban J connectivity index is 2.47. The molecule has 0 aliphatic heterocycles. The van der Waals surface area contributed by atoms with Crippen LogP contribution in [0.25, 0.3) is 0 Å². The van der Waals surface area contributed by atoms with Gasteiger partial charge >= 0.3 is 0 Å². The maximum atomic E-state index is 11.7. The number of benzene rings is 2. The number of aliphatic hydroxyl groups excluding tert-OH is 1. The minimum absolute atomic E-state index is 0.0264. The van der Waals surface area contributed by atoms with Gasteiger partial charge in [0.05, 0.1) is 12.3 Å². The van der Waals surface area contributed by atoms with Crippen molar-refractivity contribution in [1.29, 1.82) is 0 Å². The van der Waals surface area contributed by atoms with E-state index in [1.807, 2.05) is 18.2 Å². The predicted molar refractivity (Wildman–Crippen MR) is 88.3 cm³/mol. The third-order valence-corrected chi connectivity index (χ3v) is 3.67. The molecule has 7 heteroatoms. The molecule has 0 radical (unpaired) electrons. The van der Waals surface area contributed by atoms with Gasteiger partial charge in [-0.05, 0) is 29.7 Å². The fourth-order valence-corrected chi connectivity index (χ4v) is 2.41. The first kappa shape index (κ1) is 16.7. The van der Waals surface area contributed by atoms with Crippen molar-refractivity contribution >= 4 is 17.1 Å². The van der Waals surface area contributed by atoms with Gasteiger partial charge in [-0.3, -0.25) is 0 Å². The standard InChI is InChI=1S/C16H19N4O3/c1-2-20(12-13-21,19(22)23)16-11-7-6-10-15(16)18-17-14-8-4-3-5-9-14/h3-11,21H,2,12-13H2,1H3/q+1. The quantitative estimate of drug-likeness (QED) is 0.366. The van der Waals surface area contributed by atoms with E-state index in [0.29, 0.717) is 17.1 Å². The van der Waals surface area contributed by atoms with Crippen LogP contribution >= 0.6 is 0 Å². The Morgan fingerprint density at radius 3 is 2.35 bits per heavy atom. The first-order chi connectivity index (χ1) is 11.1. The van der Waals surface area contributed by atoms with Gasteiger partial charge in [0.15, 0.2) is 12.2 Å². The van der Waals surface area contributed by atoms with Gasteiger partial charge in [-0.25, -0.2) is 10.1 Å². The van der Waals surface area contributed by atoms with E-state index >= 15 is 0 Å². The minimum Gasteiger partial charge on any atom is -0.390 e. The molecular weight excluding hydrogens is 296 g/mol. The van der Waals surface area contributed by atoms with Gasteiger partial charge < -0.3 is 5.11 Å². The zero-order valence-electron chi connectivity index (χ0n) is 12.9. The molecule has 2 rings (SSSR count). The molecular formula is C16H19N4O3+. The van der Waals surface area contributed by atoms with Crippen molar-refractivity contribution in [2.75, 3.05) is 19.7 Å². The summed E-state index contributed by atoms with van der Waals surface area (Å²) in [5, 5.41) is 28.8. The summed E-state index contributed by atoms with van der Waals surface area (Å²) in [6.07, 6.45) is 0. The number of rotatable bonds is 7. The van der Waals surface area contributed by atoms with Crippen LogP contribution in [0.1, 0.15) is 6.92 Å².